The minimum atomic E-state index is -0.127. The van der Waals surface area contributed by atoms with Crippen LogP contribution in [0.5, 0.6) is 0 Å². The molecular weight excluding hydrogens is 449 g/mol. The number of hydrogen-bond donors (Lipinski definition) is 1. The number of morpholine rings is 1. The monoisotopic (exact) mass is 473 g/mol. The number of halogens is 2. The normalized spacial score (nSPS) is 14.1. The predicted molar refractivity (Wildman–Crippen MR) is 127 cm³/mol. The first-order valence-corrected chi connectivity index (χ1v) is 11.2. The van der Waals surface area contributed by atoms with Crippen molar-refractivity contribution in [1.82, 2.24) is 14.8 Å². The highest BCUT2D eigenvalue weighted by Gasteiger charge is 2.24. The maximum atomic E-state index is 13.0. The first-order valence-electron chi connectivity index (χ1n) is 10.5. The Kier molecular flexibility index (Phi) is 6.47. The molecule has 0 spiro atoms. The summed E-state index contributed by atoms with van der Waals surface area (Å²) in [6, 6.07) is 9.27. The van der Waals surface area contributed by atoms with Crippen molar-refractivity contribution in [1.29, 1.82) is 0 Å². The number of nitrogens with zero attached hydrogens (tertiary/aromatic N) is 2. The van der Waals surface area contributed by atoms with Crippen LogP contribution in [0, 0.1) is 6.92 Å². The minimum absolute atomic E-state index is 0.112. The van der Waals surface area contributed by atoms with Crippen molar-refractivity contribution >= 4 is 45.9 Å². The molecule has 0 atom stereocenters. The second-order valence-corrected chi connectivity index (χ2v) is 8.75. The van der Waals surface area contributed by atoms with E-state index in [0.29, 0.717) is 59.5 Å². The van der Waals surface area contributed by atoms with Crippen molar-refractivity contribution in [2.24, 2.45) is 7.05 Å². The van der Waals surface area contributed by atoms with Crippen LogP contribution in [0.25, 0.3) is 10.9 Å². The Morgan fingerprint density at radius 2 is 1.84 bits per heavy atom. The number of carbonyl (C=O) groups excluding carboxylic acids is 2. The Bertz CT molecular complexity index is 1210. The number of rotatable bonds is 4. The Labute approximate surface area is 197 Å². The number of amides is 2. The zero-order valence-electron chi connectivity index (χ0n) is 18.3. The van der Waals surface area contributed by atoms with Gasteiger partial charge in [0.25, 0.3) is 11.8 Å². The fourth-order valence-corrected chi connectivity index (χ4v) is 4.74. The van der Waals surface area contributed by atoms with Gasteiger partial charge in [-0.15, -0.1) is 0 Å². The van der Waals surface area contributed by atoms with E-state index in [1.165, 1.54) is 0 Å². The fourth-order valence-electron chi connectivity index (χ4n) is 4.15. The molecule has 3 aromatic rings. The van der Waals surface area contributed by atoms with Crippen molar-refractivity contribution < 1.29 is 14.3 Å². The van der Waals surface area contributed by atoms with E-state index >= 15 is 0 Å². The second kappa shape index (κ2) is 9.14. The Morgan fingerprint density at radius 3 is 2.53 bits per heavy atom. The van der Waals surface area contributed by atoms with Crippen LogP contribution in [0.2, 0.25) is 10.0 Å². The number of ether oxygens (including phenoxy) is 1. The lowest BCUT2D eigenvalue weighted by molar-refractivity contribution is 0.0303. The molecule has 1 aliphatic heterocycles. The highest BCUT2D eigenvalue weighted by atomic mass is 35.5. The molecule has 0 bridgehead atoms. The van der Waals surface area contributed by atoms with Gasteiger partial charge >= 0.3 is 0 Å². The van der Waals surface area contributed by atoms with Gasteiger partial charge in [-0.05, 0) is 48.4 Å². The first-order chi connectivity index (χ1) is 15.3. The topological polar surface area (TPSA) is 63.6 Å². The Morgan fingerprint density at radius 1 is 1.12 bits per heavy atom. The number of aryl methyl sites for hydroxylation is 2. The van der Waals surface area contributed by atoms with Gasteiger partial charge in [-0.3, -0.25) is 9.59 Å². The Hall–Kier alpha value is -2.54. The highest BCUT2D eigenvalue weighted by Crippen LogP contribution is 2.33. The average Bonchev–Trinajstić information content (AvgIpc) is 3.12. The van der Waals surface area contributed by atoms with Crippen LogP contribution in [-0.4, -0.2) is 54.6 Å². The summed E-state index contributed by atoms with van der Waals surface area (Å²) in [4.78, 5) is 26.9. The molecule has 0 unspecified atom stereocenters. The van der Waals surface area contributed by atoms with Gasteiger partial charge in [0, 0.05) is 60.8 Å². The van der Waals surface area contributed by atoms with Crippen LogP contribution < -0.4 is 5.32 Å². The number of carbonyl (C=O) groups is 2. The fraction of sp³-hybridized carbons (Fsp3) is 0.333. The van der Waals surface area contributed by atoms with Crippen LogP contribution in [0.4, 0.5) is 0 Å². The molecule has 1 saturated heterocycles. The molecule has 0 saturated carbocycles. The molecule has 1 fully saturated rings. The zero-order chi connectivity index (χ0) is 23.0. The van der Waals surface area contributed by atoms with Gasteiger partial charge in [-0.2, -0.15) is 0 Å². The van der Waals surface area contributed by atoms with Crippen LogP contribution in [0.3, 0.4) is 0 Å². The van der Waals surface area contributed by atoms with Crippen LogP contribution in [0.1, 0.15) is 37.5 Å². The molecule has 2 heterocycles. The highest BCUT2D eigenvalue weighted by molar-refractivity contribution is 6.38. The molecule has 0 radical (unpaired) electrons. The summed E-state index contributed by atoms with van der Waals surface area (Å²) in [6.07, 6.45) is 0.460. The number of hydrogen-bond acceptors (Lipinski definition) is 3. The van der Waals surface area contributed by atoms with Crippen LogP contribution >= 0.6 is 23.2 Å². The molecule has 8 heteroatoms. The molecule has 32 heavy (non-hydrogen) atoms. The molecule has 1 aliphatic rings. The quantitative estimate of drug-likeness (QED) is 0.616. The van der Waals surface area contributed by atoms with Crippen molar-refractivity contribution in [2.75, 3.05) is 33.4 Å². The smallest absolute Gasteiger partial charge is 0.255 e. The minimum Gasteiger partial charge on any atom is -0.378 e. The van der Waals surface area contributed by atoms with E-state index in [-0.39, 0.29) is 11.8 Å². The van der Waals surface area contributed by atoms with Gasteiger partial charge in [0.05, 0.1) is 23.8 Å². The van der Waals surface area contributed by atoms with Gasteiger partial charge in [-0.1, -0.05) is 23.2 Å². The third-order valence-corrected chi connectivity index (χ3v) is 6.82. The molecular formula is C24H25Cl2N3O3. The van der Waals surface area contributed by atoms with Gasteiger partial charge in [0.1, 0.15) is 0 Å². The number of benzene rings is 2. The molecule has 2 aromatic carbocycles. The summed E-state index contributed by atoms with van der Waals surface area (Å²) in [6.45, 7) is 4.13. The summed E-state index contributed by atoms with van der Waals surface area (Å²) in [5.41, 5.74) is 4.71. The van der Waals surface area contributed by atoms with E-state index in [1.807, 2.05) is 30.7 Å². The van der Waals surface area contributed by atoms with E-state index in [1.54, 1.807) is 24.1 Å². The van der Waals surface area contributed by atoms with Gasteiger partial charge in [0.15, 0.2) is 0 Å². The predicted octanol–water partition coefficient (Wildman–Crippen LogP) is 4.22. The maximum absolute atomic E-state index is 13.0. The lowest BCUT2D eigenvalue weighted by Gasteiger charge is -2.27. The van der Waals surface area contributed by atoms with Crippen LogP contribution in [-0.2, 0) is 18.2 Å². The maximum Gasteiger partial charge on any atom is 0.255 e. The second-order valence-electron chi connectivity index (χ2n) is 7.97. The molecule has 0 aliphatic carbocycles. The summed E-state index contributed by atoms with van der Waals surface area (Å²) in [5, 5.41) is 4.62. The lowest BCUT2D eigenvalue weighted by atomic mass is 10.0. The molecule has 2 amide bonds. The van der Waals surface area contributed by atoms with E-state index in [0.717, 1.165) is 22.2 Å². The van der Waals surface area contributed by atoms with Crippen molar-refractivity contribution in [2.45, 2.75) is 13.3 Å². The Balaban J connectivity index is 1.72. The average molecular weight is 474 g/mol. The summed E-state index contributed by atoms with van der Waals surface area (Å²) in [7, 11) is 3.57. The number of aromatic nitrogens is 1. The largest absolute Gasteiger partial charge is 0.378 e. The molecule has 4 rings (SSSR count). The van der Waals surface area contributed by atoms with E-state index < -0.39 is 0 Å². The van der Waals surface area contributed by atoms with E-state index in [9.17, 15) is 9.59 Å². The molecule has 1 N–H and O–H groups in total. The summed E-state index contributed by atoms with van der Waals surface area (Å²) in [5.74, 6) is -0.238. The summed E-state index contributed by atoms with van der Waals surface area (Å²) < 4.78 is 7.38. The van der Waals surface area contributed by atoms with Gasteiger partial charge in [-0.25, -0.2) is 0 Å². The van der Waals surface area contributed by atoms with Gasteiger partial charge in [0.2, 0.25) is 0 Å². The summed E-state index contributed by atoms with van der Waals surface area (Å²) >= 11 is 13.2. The number of nitrogens with one attached hydrogen (secondary N) is 1. The molecule has 1 aromatic heterocycles. The third-order valence-electron chi connectivity index (χ3n) is 6.03. The van der Waals surface area contributed by atoms with E-state index in [4.69, 9.17) is 27.9 Å². The standard InChI is InChI=1S/C24H25Cl2N3O3/c1-14-10-15(23(30)27-2)11-21-18(14)12-16(28(21)3)13-19-20(25)5-4-17(22(19)26)24(31)29-6-8-32-9-7-29/h4-5,10-12H,6-9,13H2,1-3H3,(H,27,30). The van der Waals surface area contributed by atoms with Crippen molar-refractivity contribution in [3.05, 3.63) is 68.3 Å². The number of fused-ring (bicyclic) bond motifs is 1. The zero-order valence-corrected chi connectivity index (χ0v) is 19.8. The third kappa shape index (κ3) is 4.10. The van der Waals surface area contributed by atoms with Crippen molar-refractivity contribution in [3.63, 3.8) is 0 Å². The SMILES string of the molecule is CNC(=O)c1cc(C)c2cc(Cc3c(Cl)ccc(C(=O)N4CCOCC4)c3Cl)n(C)c2c1. The van der Waals surface area contributed by atoms with Crippen molar-refractivity contribution in [3.8, 4) is 0 Å². The molecule has 168 valence electrons. The lowest BCUT2D eigenvalue weighted by Crippen LogP contribution is -2.40. The van der Waals surface area contributed by atoms with Crippen LogP contribution in [0.15, 0.2) is 30.3 Å². The first kappa shape index (κ1) is 22.6. The molecule has 6 nitrogen and oxygen atoms in total. The van der Waals surface area contributed by atoms with E-state index in [2.05, 4.69) is 11.4 Å². The van der Waals surface area contributed by atoms with Gasteiger partial charge < -0.3 is 19.5 Å².